The van der Waals surface area contributed by atoms with Crippen molar-refractivity contribution < 1.29 is 4.79 Å². The molecular weight excluding hydrogens is 186 g/mol. The number of rotatable bonds is 7. The maximum absolute atomic E-state index is 10.7. The molecule has 0 fully saturated rings. The van der Waals surface area contributed by atoms with Gasteiger partial charge in [0.1, 0.15) is 0 Å². The molecule has 0 aromatic carbocycles. The lowest BCUT2D eigenvalue weighted by Gasteiger charge is -2.33. The molecule has 0 spiro atoms. The third-order valence-electron chi connectivity index (χ3n) is 2.94. The second kappa shape index (κ2) is 6.44. The Kier molecular flexibility index (Phi) is 5.99. The van der Waals surface area contributed by atoms with Crippen molar-refractivity contribution in [3.05, 3.63) is 24.8 Å². The van der Waals surface area contributed by atoms with Gasteiger partial charge in [0.25, 0.3) is 0 Å². The van der Waals surface area contributed by atoms with Gasteiger partial charge in [-0.1, -0.05) is 32.1 Å². The molecule has 1 amide bonds. The molecule has 15 heavy (non-hydrogen) atoms. The van der Waals surface area contributed by atoms with Gasteiger partial charge in [0, 0.05) is 18.5 Å². The lowest BCUT2D eigenvalue weighted by molar-refractivity contribution is -0.119. The Hall–Kier alpha value is -1.05. The molecule has 86 valence electrons. The van der Waals surface area contributed by atoms with Crippen molar-refractivity contribution in [1.82, 2.24) is 4.90 Å². The summed E-state index contributed by atoms with van der Waals surface area (Å²) in [5.74, 6) is 0. The standard InChI is InChI=1S/C13H23NO/c1-6-7-8-9-10-13(3,4)12(2)14(5)11-15/h6,9-12H,1,7-8H2,2-5H3/b10-9+. The quantitative estimate of drug-likeness (QED) is 0.358. The van der Waals surface area contributed by atoms with Gasteiger partial charge in [-0.15, -0.1) is 6.58 Å². The van der Waals surface area contributed by atoms with E-state index < -0.39 is 0 Å². The van der Waals surface area contributed by atoms with E-state index in [2.05, 4.69) is 39.5 Å². The Morgan fingerprint density at radius 2 is 2.00 bits per heavy atom. The first-order chi connectivity index (χ1) is 6.95. The van der Waals surface area contributed by atoms with Gasteiger partial charge in [-0.2, -0.15) is 0 Å². The molecular formula is C13H23NO. The van der Waals surface area contributed by atoms with Crippen LogP contribution in [0.15, 0.2) is 24.8 Å². The zero-order valence-corrected chi connectivity index (χ0v) is 10.4. The maximum Gasteiger partial charge on any atom is 0.209 e. The van der Waals surface area contributed by atoms with Gasteiger partial charge in [-0.3, -0.25) is 4.79 Å². The fourth-order valence-corrected chi connectivity index (χ4v) is 1.36. The molecule has 2 heteroatoms. The largest absolute Gasteiger partial charge is 0.345 e. The summed E-state index contributed by atoms with van der Waals surface area (Å²) in [5, 5.41) is 0. The molecule has 0 heterocycles. The first-order valence-corrected chi connectivity index (χ1v) is 5.41. The molecule has 0 N–H and O–H groups in total. The van der Waals surface area contributed by atoms with E-state index in [1.807, 2.05) is 13.1 Å². The summed E-state index contributed by atoms with van der Waals surface area (Å²) in [7, 11) is 1.82. The first-order valence-electron chi connectivity index (χ1n) is 5.41. The smallest absolute Gasteiger partial charge is 0.209 e. The second-order valence-corrected chi connectivity index (χ2v) is 4.54. The van der Waals surface area contributed by atoms with E-state index >= 15 is 0 Å². The molecule has 0 saturated carbocycles. The van der Waals surface area contributed by atoms with Gasteiger partial charge in [0.2, 0.25) is 6.41 Å². The van der Waals surface area contributed by atoms with Crippen molar-refractivity contribution in [2.45, 2.75) is 39.7 Å². The van der Waals surface area contributed by atoms with Crippen molar-refractivity contribution in [2.75, 3.05) is 7.05 Å². The van der Waals surface area contributed by atoms with E-state index in [0.29, 0.717) is 0 Å². The molecule has 0 saturated heterocycles. The van der Waals surface area contributed by atoms with Crippen LogP contribution in [0.25, 0.3) is 0 Å². The topological polar surface area (TPSA) is 20.3 Å². The molecule has 0 aromatic heterocycles. The van der Waals surface area contributed by atoms with Crippen molar-refractivity contribution in [1.29, 1.82) is 0 Å². The van der Waals surface area contributed by atoms with Crippen molar-refractivity contribution >= 4 is 6.41 Å². The number of carbonyl (C=O) groups is 1. The molecule has 0 bridgehead atoms. The predicted octanol–water partition coefficient (Wildman–Crippen LogP) is 3.01. The summed E-state index contributed by atoms with van der Waals surface area (Å²) in [6.45, 7) is 10.0. The minimum absolute atomic E-state index is 0.0107. The van der Waals surface area contributed by atoms with Gasteiger partial charge in [-0.05, 0) is 19.8 Å². The zero-order chi connectivity index (χ0) is 11.9. The number of amides is 1. The van der Waals surface area contributed by atoms with Crippen LogP contribution in [-0.2, 0) is 4.79 Å². The number of nitrogens with zero attached hydrogens (tertiary/aromatic N) is 1. The van der Waals surface area contributed by atoms with Crippen LogP contribution in [0.5, 0.6) is 0 Å². The number of allylic oxidation sites excluding steroid dienone is 2. The lowest BCUT2D eigenvalue weighted by Crippen LogP contribution is -2.39. The summed E-state index contributed by atoms with van der Waals surface area (Å²) >= 11 is 0. The molecule has 0 aliphatic rings. The normalized spacial score (nSPS) is 13.9. The van der Waals surface area contributed by atoms with E-state index in [9.17, 15) is 4.79 Å². The van der Waals surface area contributed by atoms with Crippen LogP contribution in [0.3, 0.4) is 0 Å². The SMILES string of the molecule is C=CCC/C=C/C(C)(C)C(C)N(C)C=O. The molecule has 0 aromatic rings. The zero-order valence-electron chi connectivity index (χ0n) is 10.4. The molecule has 0 rings (SSSR count). The minimum atomic E-state index is 0.0107. The summed E-state index contributed by atoms with van der Waals surface area (Å²) in [6.07, 6.45) is 9.16. The van der Waals surface area contributed by atoms with E-state index in [1.54, 1.807) is 4.90 Å². The Balaban J connectivity index is 4.32. The van der Waals surface area contributed by atoms with Crippen molar-refractivity contribution in [3.63, 3.8) is 0 Å². The van der Waals surface area contributed by atoms with Crippen LogP contribution in [0.2, 0.25) is 0 Å². The van der Waals surface area contributed by atoms with Crippen LogP contribution in [0.1, 0.15) is 33.6 Å². The highest BCUT2D eigenvalue weighted by atomic mass is 16.1. The predicted molar refractivity (Wildman–Crippen MR) is 65.6 cm³/mol. The summed E-state index contributed by atoms with van der Waals surface area (Å²) in [4.78, 5) is 12.4. The van der Waals surface area contributed by atoms with Gasteiger partial charge in [-0.25, -0.2) is 0 Å². The summed E-state index contributed by atoms with van der Waals surface area (Å²) in [6, 6.07) is 0.204. The lowest BCUT2D eigenvalue weighted by atomic mass is 9.84. The van der Waals surface area contributed by atoms with E-state index in [4.69, 9.17) is 0 Å². The highest BCUT2D eigenvalue weighted by molar-refractivity contribution is 5.47. The third kappa shape index (κ3) is 4.82. The van der Waals surface area contributed by atoms with Crippen molar-refractivity contribution in [3.8, 4) is 0 Å². The van der Waals surface area contributed by atoms with Crippen LogP contribution >= 0.6 is 0 Å². The fraction of sp³-hybridized carbons (Fsp3) is 0.615. The monoisotopic (exact) mass is 209 g/mol. The summed E-state index contributed by atoms with van der Waals surface area (Å²) < 4.78 is 0. The minimum Gasteiger partial charge on any atom is -0.345 e. The van der Waals surface area contributed by atoms with Gasteiger partial charge < -0.3 is 4.90 Å². The average Bonchev–Trinajstić information content (AvgIpc) is 2.22. The molecule has 0 radical (unpaired) electrons. The highest BCUT2D eigenvalue weighted by Crippen LogP contribution is 2.25. The molecule has 0 aliphatic carbocycles. The van der Waals surface area contributed by atoms with Crippen LogP contribution < -0.4 is 0 Å². The van der Waals surface area contributed by atoms with Gasteiger partial charge in [0.15, 0.2) is 0 Å². The van der Waals surface area contributed by atoms with E-state index in [-0.39, 0.29) is 11.5 Å². The number of unbranched alkanes of at least 4 members (excludes halogenated alkanes) is 1. The number of hydrogen-bond donors (Lipinski definition) is 0. The number of carbonyl (C=O) groups excluding carboxylic acids is 1. The van der Waals surface area contributed by atoms with Crippen LogP contribution in [-0.4, -0.2) is 24.4 Å². The number of hydrogen-bond acceptors (Lipinski definition) is 1. The van der Waals surface area contributed by atoms with Gasteiger partial charge in [0.05, 0.1) is 0 Å². The molecule has 1 atom stereocenters. The molecule has 2 nitrogen and oxygen atoms in total. The third-order valence-corrected chi connectivity index (χ3v) is 2.94. The highest BCUT2D eigenvalue weighted by Gasteiger charge is 2.25. The Labute approximate surface area is 93.7 Å². The fourth-order valence-electron chi connectivity index (χ4n) is 1.36. The van der Waals surface area contributed by atoms with Crippen molar-refractivity contribution in [2.24, 2.45) is 5.41 Å². The average molecular weight is 209 g/mol. The van der Waals surface area contributed by atoms with E-state index in [0.717, 1.165) is 19.3 Å². The molecule has 1 unspecified atom stereocenters. The van der Waals surface area contributed by atoms with Crippen LogP contribution in [0, 0.1) is 5.41 Å². The Morgan fingerprint density at radius 3 is 2.47 bits per heavy atom. The summed E-state index contributed by atoms with van der Waals surface area (Å²) in [5.41, 5.74) is 0.0107. The van der Waals surface area contributed by atoms with E-state index in [1.165, 1.54) is 0 Å². The Bertz CT molecular complexity index is 231. The van der Waals surface area contributed by atoms with Gasteiger partial charge >= 0.3 is 0 Å². The first kappa shape index (κ1) is 13.9. The maximum atomic E-state index is 10.7. The molecule has 0 aliphatic heterocycles. The van der Waals surface area contributed by atoms with Crippen LogP contribution in [0.4, 0.5) is 0 Å². The Morgan fingerprint density at radius 1 is 1.40 bits per heavy atom. The second-order valence-electron chi connectivity index (χ2n) is 4.54.